The zero-order valence-electron chi connectivity index (χ0n) is 28.5. The number of nitrogens with two attached hydrogens (primary N) is 3. The van der Waals surface area contributed by atoms with Crippen LogP contribution in [0.1, 0.15) is 89.9 Å². The molecule has 0 aliphatic heterocycles. The van der Waals surface area contributed by atoms with Gasteiger partial charge in [-0.25, -0.2) is 0 Å². The van der Waals surface area contributed by atoms with Crippen molar-refractivity contribution in [1.82, 2.24) is 21.3 Å². The number of hydrogen-bond donors (Lipinski definition) is 7. The molecule has 0 unspecified atom stereocenters. The van der Waals surface area contributed by atoms with E-state index >= 15 is 0 Å². The van der Waals surface area contributed by atoms with Gasteiger partial charge in [-0.2, -0.15) is 0 Å². The van der Waals surface area contributed by atoms with E-state index in [-0.39, 0.29) is 89.0 Å². The van der Waals surface area contributed by atoms with E-state index in [2.05, 4.69) is 21.3 Å². The maximum absolute atomic E-state index is 13.2. The molecule has 0 spiro atoms. The van der Waals surface area contributed by atoms with E-state index in [4.69, 9.17) is 31.4 Å². The second-order valence-corrected chi connectivity index (χ2v) is 11.5. The average molecular weight is 674 g/mol. The second-order valence-electron chi connectivity index (χ2n) is 11.5. The van der Waals surface area contributed by atoms with Crippen molar-refractivity contribution in [3.05, 3.63) is 0 Å². The quantitative estimate of drug-likeness (QED) is 0.0348. The normalized spacial score (nSPS) is 11.2. The Balaban J connectivity index is 5.35. The van der Waals surface area contributed by atoms with Crippen LogP contribution in [0.4, 0.5) is 0 Å². The van der Waals surface area contributed by atoms with Gasteiger partial charge in [-0.15, -0.1) is 0 Å². The molecule has 0 aliphatic carbocycles. The van der Waals surface area contributed by atoms with Crippen LogP contribution >= 0.6 is 0 Å². The number of amides is 4. The molecule has 15 nitrogen and oxygen atoms in total. The third-order valence-corrected chi connectivity index (χ3v) is 7.05. The van der Waals surface area contributed by atoms with Crippen LogP contribution in [0.3, 0.4) is 0 Å². The van der Waals surface area contributed by atoms with E-state index in [1.54, 1.807) is 0 Å². The van der Waals surface area contributed by atoms with Crippen molar-refractivity contribution in [2.24, 2.45) is 17.2 Å². The zero-order chi connectivity index (χ0) is 34.9. The zero-order valence-corrected chi connectivity index (χ0v) is 28.5. The second kappa shape index (κ2) is 31.9. The summed E-state index contributed by atoms with van der Waals surface area (Å²) in [6.07, 6.45) is 9.59. The molecule has 10 N–H and O–H groups in total. The summed E-state index contributed by atoms with van der Waals surface area (Å²) in [6, 6.07) is 0. The minimum absolute atomic E-state index is 0.0169. The van der Waals surface area contributed by atoms with Crippen LogP contribution in [0, 0.1) is 0 Å². The Labute approximate surface area is 280 Å². The van der Waals surface area contributed by atoms with Crippen molar-refractivity contribution >= 4 is 29.9 Å². The van der Waals surface area contributed by atoms with Crippen LogP contribution in [0.5, 0.6) is 0 Å². The summed E-state index contributed by atoms with van der Waals surface area (Å²) in [5.41, 5.74) is 15.3. The molecule has 0 radical (unpaired) electrons. The van der Waals surface area contributed by atoms with Crippen LogP contribution in [0.15, 0.2) is 0 Å². The minimum atomic E-state index is -1.13. The summed E-state index contributed by atoms with van der Waals surface area (Å²) in [5, 5.41) is 11.4. The predicted molar refractivity (Wildman–Crippen MR) is 180 cm³/mol. The van der Waals surface area contributed by atoms with E-state index in [9.17, 15) is 24.0 Å². The fourth-order valence-electron chi connectivity index (χ4n) is 4.36. The number of aldehydes is 1. The van der Waals surface area contributed by atoms with E-state index in [0.29, 0.717) is 71.4 Å². The number of unbranched alkanes of at least 4 members (excludes halogenated alkanes) is 6. The van der Waals surface area contributed by atoms with Gasteiger partial charge in [0, 0.05) is 51.7 Å². The first-order chi connectivity index (χ1) is 22.8. The van der Waals surface area contributed by atoms with Gasteiger partial charge < -0.3 is 57.5 Å². The van der Waals surface area contributed by atoms with Gasteiger partial charge in [0.05, 0.1) is 39.6 Å². The molecule has 0 aromatic carbocycles. The average Bonchev–Trinajstić information content (AvgIpc) is 3.05. The molecule has 274 valence electrons. The fraction of sp³-hybridized carbons (Fsp3) is 0.844. The number of rotatable bonds is 34. The molecule has 0 heterocycles. The smallest absolute Gasteiger partial charge is 0.222 e. The summed E-state index contributed by atoms with van der Waals surface area (Å²) in [4.78, 5) is 60.1. The summed E-state index contributed by atoms with van der Waals surface area (Å²) < 4.78 is 17.7. The lowest BCUT2D eigenvalue weighted by molar-refractivity contribution is -0.130. The van der Waals surface area contributed by atoms with Gasteiger partial charge in [0.1, 0.15) is 11.8 Å². The standard InChI is InChI=1S/C32H63N7O8/c33-15-8-18-36-28(41)12-22-45-25-32(26-46-23-13-29(42)37-19-9-16-34,27-47-24-14-30(43)38-20-10-17-35)39-31(44)11-6-4-2-1-3-5-7-21-40/h21H,1-20,22-27,33-35H2,(H,36,41)(H,37,42)(H,38,43)(H,39,44). The van der Waals surface area contributed by atoms with E-state index in [0.717, 1.165) is 38.4 Å². The maximum atomic E-state index is 13.2. The first-order valence-corrected chi connectivity index (χ1v) is 17.2. The number of nitrogens with one attached hydrogen (secondary N) is 4. The Morgan fingerprint density at radius 2 is 0.894 bits per heavy atom. The first-order valence-electron chi connectivity index (χ1n) is 17.2. The molecule has 0 bridgehead atoms. The first kappa shape index (κ1) is 44.3. The third kappa shape index (κ3) is 28.1. The van der Waals surface area contributed by atoms with Crippen LogP contribution in [0.25, 0.3) is 0 Å². The Morgan fingerprint density at radius 3 is 1.28 bits per heavy atom. The van der Waals surface area contributed by atoms with Gasteiger partial charge in [0.25, 0.3) is 0 Å². The monoisotopic (exact) mass is 673 g/mol. The highest BCUT2D eigenvalue weighted by Crippen LogP contribution is 2.13. The van der Waals surface area contributed by atoms with Crippen molar-refractivity contribution in [3.63, 3.8) is 0 Å². The molecule has 47 heavy (non-hydrogen) atoms. The topological polar surface area (TPSA) is 239 Å². The SMILES string of the molecule is NCCCNC(=O)CCOCC(COCCC(=O)NCCCN)(COCCC(=O)NCCCN)NC(=O)CCCCCCCCC=O. The minimum Gasteiger partial charge on any atom is -0.378 e. The van der Waals surface area contributed by atoms with E-state index < -0.39 is 5.54 Å². The van der Waals surface area contributed by atoms with Gasteiger partial charge in [0.15, 0.2) is 0 Å². The van der Waals surface area contributed by atoms with Crippen molar-refractivity contribution in [2.75, 3.05) is 78.9 Å². The van der Waals surface area contributed by atoms with Crippen LogP contribution in [-0.4, -0.2) is 114 Å². The molecule has 0 fully saturated rings. The van der Waals surface area contributed by atoms with Gasteiger partial charge in [-0.3, -0.25) is 19.2 Å². The molecule has 0 aliphatic rings. The molecular weight excluding hydrogens is 610 g/mol. The lowest BCUT2D eigenvalue weighted by Crippen LogP contribution is -2.58. The molecular formula is C32H63N7O8. The van der Waals surface area contributed by atoms with Crippen molar-refractivity contribution in [1.29, 1.82) is 0 Å². The largest absolute Gasteiger partial charge is 0.378 e. The summed E-state index contributed by atoms with van der Waals surface area (Å²) in [5.74, 6) is -0.727. The van der Waals surface area contributed by atoms with Crippen molar-refractivity contribution < 1.29 is 38.2 Å². The van der Waals surface area contributed by atoms with E-state index in [1.165, 1.54) is 0 Å². The summed E-state index contributed by atoms with van der Waals surface area (Å²) >= 11 is 0. The van der Waals surface area contributed by atoms with Gasteiger partial charge in [0.2, 0.25) is 23.6 Å². The molecule has 0 rings (SSSR count). The molecule has 15 heteroatoms. The van der Waals surface area contributed by atoms with Crippen molar-refractivity contribution in [2.45, 2.75) is 95.4 Å². The molecule has 0 aromatic heterocycles. The predicted octanol–water partition coefficient (Wildman–Crippen LogP) is -0.224. The van der Waals surface area contributed by atoms with Gasteiger partial charge >= 0.3 is 0 Å². The van der Waals surface area contributed by atoms with E-state index in [1.807, 2.05) is 0 Å². The summed E-state index contributed by atoms with van der Waals surface area (Å²) in [6.45, 7) is 3.13. The highest BCUT2D eigenvalue weighted by atomic mass is 16.5. The Bertz CT molecular complexity index is 761. The highest BCUT2D eigenvalue weighted by molar-refractivity contribution is 5.77. The highest BCUT2D eigenvalue weighted by Gasteiger charge is 2.34. The molecule has 0 atom stereocenters. The number of ether oxygens (including phenoxy) is 3. The number of carbonyl (C=O) groups is 5. The lowest BCUT2D eigenvalue weighted by atomic mass is 10.0. The lowest BCUT2D eigenvalue weighted by Gasteiger charge is -2.34. The Kier molecular flexibility index (Phi) is 30.1. The number of carbonyl (C=O) groups excluding carboxylic acids is 5. The molecule has 0 aromatic rings. The molecule has 0 saturated carbocycles. The van der Waals surface area contributed by atoms with Crippen LogP contribution in [-0.2, 0) is 38.2 Å². The third-order valence-electron chi connectivity index (χ3n) is 7.05. The molecule has 4 amide bonds. The Hall–Kier alpha value is -2.69. The van der Waals surface area contributed by atoms with Crippen LogP contribution in [0.2, 0.25) is 0 Å². The number of hydrogen-bond acceptors (Lipinski definition) is 11. The summed E-state index contributed by atoms with van der Waals surface area (Å²) in [7, 11) is 0. The molecule has 0 saturated heterocycles. The Morgan fingerprint density at radius 1 is 0.511 bits per heavy atom. The van der Waals surface area contributed by atoms with Crippen molar-refractivity contribution in [3.8, 4) is 0 Å². The fourth-order valence-corrected chi connectivity index (χ4v) is 4.36. The maximum Gasteiger partial charge on any atom is 0.222 e. The van der Waals surface area contributed by atoms with Gasteiger partial charge in [-0.1, -0.05) is 25.7 Å². The van der Waals surface area contributed by atoms with Gasteiger partial charge in [-0.05, 0) is 51.7 Å². The van der Waals surface area contributed by atoms with Crippen LogP contribution < -0.4 is 38.5 Å².